The van der Waals surface area contributed by atoms with Crippen molar-refractivity contribution in [2.24, 2.45) is 0 Å². The van der Waals surface area contributed by atoms with Crippen molar-refractivity contribution in [1.82, 2.24) is 9.47 Å². The number of benzene rings is 1. The van der Waals surface area contributed by atoms with Gasteiger partial charge in [0, 0.05) is 38.6 Å². The Morgan fingerprint density at radius 2 is 1.64 bits per heavy atom. The average Bonchev–Trinajstić information content (AvgIpc) is 3.33. The highest BCUT2D eigenvalue weighted by atomic mass is 35.5. The minimum atomic E-state index is 0.109. The van der Waals surface area contributed by atoms with Gasteiger partial charge in [-0.15, -0.1) is 11.3 Å². The molecule has 0 saturated carbocycles. The van der Waals surface area contributed by atoms with Gasteiger partial charge in [0.1, 0.15) is 4.88 Å². The molecule has 1 amide bonds. The number of hydrogen-bond acceptors (Lipinski definition) is 3. The fourth-order valence-electron chi connectivity index (χ4n) is 3.16. The predicted octanol–water partition coefficient (Wildman–Crippen LogP) is 4.15. The Kier molecular flexibility index (Phi) is 4.51. The normalized spacial score (nSPS) is 14.8. The molecule has 0 unspecified atom stereocenters. The van der Waals surface area contributed by atoms with Crippen LogP contribution in [-0.2, 0) is 0 Å². The van der Waals surface area contributed by atoms with Crippen LogP contribution in [0, 0.1) is 0 Å². The number of thiophene rings is 1. The summed E-state index contributed by atoms with van der Waals surface area (Å²) < 4.78 is 1.99. The van der Waals surface area contributed by atoms with E-state index in [1.165, 1.54) is 11.3 Å². The van der Waals surface area contributed by atoms with E-state index in [1.54, 1.807) is 0 Å². The highest BCUT2D eigenvalue weighted by molar-refractivity contribution is 7.12. The van der Waals surface area contributed by atoms with Crippen LogP contribution in [0.4, 0.5) is 5.69 Å². The fraction of sp³-hybridized carbons (Fsp3) is 0.211. The summed E-state index contributed by atoms with van der Waals surface area (Å²) in [5, 5.41) is 2.73. The Hall–Kier alpha value is -2.24. The van der Waals surface area contributed by atoms with Crippen molar-refractivity contribution in [3.8, 4) is 5.69 Å². The molecule has 1 aliphatic rings. The molecule has 0 N–H and O–H groups in total. The Bertz CT molecular complexity index is 866. The number of anilines is 1. The topological polar surface area (TPSA) is 28.5 Å². The summed E-state index contributed by atoms with van der Waals surface area (Å²) in [6, 6.07) is 13.8. The maximum Gasteiger partial charge on any atom is 0.266 e. The molecule has 3 heterocycles. The summed E-state index contributed by atoms with van der Waals surface area (Å²) in [6.45, 7) is 2.99. The molecular weight excluding hydrogens is 354 g/mol. The first-order chi connectivity index (χ1) is 12.2. The van der Waals surface area contributed by atoms with Gasteiger partial charge >= 0.3 is 0 Å². The van der Waals surface area contributed by atoms with Crippen molar-refractivity contribution < 1.29 is 4.79 Å². The molecule has 1 aromatic carbocycles. The van der Waals surface area contributed by atoms with Crippen LogP contribution < -0.4 is 4.90 Å². The first-order valence-corrected chi connectivity index (χ1v) is 9.49. The summed E-state index contributed by atoms with van der Waals surface area (Å²) >= 11 is 7.79. The number of amides is 1. The molecule has 4 rings (SSSR count). The van der Waals surface area contributed by atoms with E-state index in [0.717, 1.165) is 34.4 Å². The van der Waals surface area contributed by atoms with Gasteiger partial charge in [-0.2, -0.15) is 0 Å². The van der Waals surface area contributed by atoms with E-state index in [-0.39, 0.29) is 5.91 Å². The second-order valence-corrected chi connectivity index (χ2v) is 7.28. The lowest BCUT2D eigenvalue weighted by Crippen LogP contribution is -2.48. The summed E-state index contributed by atoms with van der Waals surface area (Å²) in [5.74, 6) is 0.109. The zero-order valence-corrected chi connectivity index (χ0v) is 15.2. The molecule has 2 aromatic heterocycles. The maximum absolute atomic E-state index is 13.0. The third-order valence-electron chi connectivity index (χ3n) is 4.48. The van der Waals surface area contributed by atoms with E-state index >= 15 is 0 Å². The lowest BCUT2D eigenvalue weighted by molar-refractivity contribution is 0.0751. The van der Waals surface area contributed by atoms with Gasteiger partial charge in [-0.3, -0.25) is 4.79 Å². The molecule has 0 atom stereocenters. The third-order valence-corrected chi connectivity index (χ3v) is 5.69. The number of carbonyl (C=O) groups excluding carboxylic acids is 1. The lowest BCUT2D eigenvalue weighted by Gasteiger charge is -2.36. The second-order valence-electron chi connectivity index (χ2n) is 5.96. The van der Waals surface area contributed by atoms with Crippen molar-refractivity contribution in [2.45, 2.75) is 0 Å². The first-order valence-electron chi connectivity index (χ1n) is 8.23. The van der Waals surface area contributed by atoms with E-state index in [2.05, 4.69) is 4.90 Å². The number of carbonyl (C=O) groups is 1. The van der Waals surface area contributed by atoms with E-state index in [1.807, 2.05) is 69.7 Å². The molecule has 1 saturated heterocycles. The number of aromatic nitrogens is 1. The van der Waals surface area contributed by atoms with Crippen LogP contribution in [0.15, 0.2) is 60.2 Å². The van der Waals surface area contributed by atoms with E-state index in [9.17, 15) is 4.79 Å². The van der Waals surface area contributed by atoms with Gasteiger partial charge in [0.2, 0.25) is 0 Å². The molecule has 0 aliphatic carbocycles. The van der Waals surface area contributed by atoms with Crippen LogP contribution >= 0.6 is 22.9 Å². The smallest absolute Gasteiger partial charge is 0.266 e. The van der Waals surface area contributed by atoms with Gasteiger partial charge < -0.3 is 14.4 Å². The Labute approximate surface area is 155 Å². The lowest BCUT2D eigenvalue weighted by atomic mass is 10.2. The Morgan fingerprint density at radius 3 is 2.36 bits per heavy atom. The summed E-state index contributed by atoms with van der Waals surface area (Å²) in [5.41, 5.74) is 1.99. The van der Waals surface area contributed by atoms with Gasteiger partial charge in [0.05, 0.1) is 16.4 Å². The number of halogens is 1. The molecule has 0 bridgehead atoms. The van der Waals surface area contributed by atoms with Gasteiger partial charge in [-0.05, 0) is 35.7 Å². The zero-order chi connectivity index (χ0) is 17.2. The summed E-state index contributed by atoms with van der Waals surface area (Å²) in [4.78, 5) is 17.9. The molecule has 3 aromatic rings. The Balaban J connectivity index is 1.48. The van der Waals surface area contributed by atoms with Gasteiger partial charge in [-0.25, -0.2) is 0 Å². The van der Waals surface area contributed by atoms with Crippen molar-refractivity contribution >= 4 is 34.5 Å². The predicted molar refractivity (Wildman–Crippen MR) is 103 cm³/mol. The maximum atomic E-state index is 13.0. The Morgan fingerprint density at radius 1 is 0.920 bits per heavy atom. The average molecular weight is 372 g/mol. The minimum absolute atomic E-state index is 0.109. The van der Waals surface area contributed by atoms with Gasteiger partial charge in [0.15, 0.2) is 0 Å². The number of piperazine rings is 1. The molecular formula is C19H18ClN3OS. The molecule has 1 aliphatic heterocycles. The van der Waals surface area contributed by atoms with Crippen molar-refractivity contribution in [3.63, 3.8) is 0 Å². The van der Waals surface area contributed by atoms with Crippen molar-refractivity contribution in [1.29, 1.82) is 0 Å². The van der Waals surface area contributed by atoms with Crippen LogP contribution in [0.1, 0.15) is 9.67 Å². The van der Waals surface area contributed by atoms with E-state index in [4.69, 9.17) is 11.6 Å². The molecule has 0 radical (unpaired) electrons. The number of para-hydroxylation sites is 1. The van der Waals surface area contributed by atoms with Crippen LogP contribution in [-0.4, -0.2) is 41.6 Å². The van der Waals surface area contributed by atoms with Gasteiger partial charge in [-0.1, -0.05) is 23.7 Å². The largest absolute Gasteiger partial charge is 0.367 e. The summed E-state index contributed by atoms with van der Waals surface area (Å²) in [6.07, 6.45) is 3.93. The zero-order valence-electron chi connectivity index (χ0n) is 13.6. The van der Waals surface area contributed by atoms with Crippen molar-refractivity contribution in [2.75, 3.05) is 31.1 Å². The minimum Gasteiger partial charge on any atom is -0.367 e. The SMILES string of the molecule is O=C(c1sccc1-n1cccc1)N1CCN(c2ccccc2Cl)CC1. The first kappa shape index (κ1) is 16.2. The quantitative estimate of drug-likeness (QED) is 0.691. The molecule has 25 heavy (non-hydrogen) atoms. The highest BCUT2D eigenvalue weighted by Gasteiger charge is 2.25. The fourth-order valence-corrected chi connectivity index (χ4v) is 4.28. The van der Waals surface area contributed by atoms with Gasteiger partial charge in [0.25, 0.3) is 5.91 Å². The van der Waals surface area contributed by atoms with Crippen LogP contribution in [0.2, 0.25) is 5.02 Å². The third kappa shape index (κ3) is 3.17. The number of rotatable bonds is 3. The molecule has 128 valence electrons. The van der Waals surface area contributed by atoms with Crippen molar-refractivity contribution in [3.05, 3.63) is 70.1 Å². The second kappa shape index (κ2) is 6.94. The van der Waals surface area contributed by atoms with E-state index < -0.39 is 0 Å². The number of nitrogens with zero attached hydrogens (tertiary/aromatic N) is 3. The van der Waals surface area contributed by atoms with Crippen LogP contribution in [0.5, 0.6) is 0 Å². The van der Waals surface area contributed by atoms with Crippen LogP contribution in [0.3, 0.4) is 0 Å². The van der Waals surface area contributed by atoms with E-state index in [0.29, 0.717) is 13.1 Å². The standard InChI is InChI=1S/C19H18ClN3OS/c20-15-5-1-2-6-16(15)22-10-12-23(13-11-22)19(24)18-17(7-14-25-18)21-8-3-4-9-21/h1-9,14H,10-13H2. The molecule has 0 spiro atoms. The summed E-state index contributed by atoms with van der Waals surface area (Å²) in [7, 11) is 0. The molecule has 6 heteroatoms. The highest BCUT2D eigenvalue weighted by Crippen LogP contribution is 2.27. The molecule has 1 fully saturated rings. The van der Waals surface area contributed by atoms with Crippen LogP contribution in [0.25, 0.3) is 5.69 Å². The molecule has 4 nitrogen and oxygen atoms in total. The monoisotopic (exact) mass is 371 g/mol. The number of hydrogen-bond donors (Lipinski definition) is 0.